The fraction of sp³-hybridized carbons (Fsp3) is 0.143. The van der Waals surface area contributed by atoms with Gasteiger partial charge in [0, 0.05) is 12.6 Å². The second-order valence-corrected chi connectivity index (χ2v) is 4.05. The zero-order chi connectivity index (χ0) is 13.8. The molecule has 5 nitrogen and oxygen atoms in total. The molecule has 0 aliphatic carbocycles. The summed E-state index contributed by atoms with van der Waals surface area (Å²) in [5, 5.41) is 7.61. The lowest BCUT2D eigenvalue weighted by molar-refractivity contribution is 0.413. The standard InChI is InChI=1S/C14H16N4O/c1-18(13-8-7-10(19-2)9-17-13)12-6-4-3-5-11(12)14(15)16/h3-9H,1-2H3,(H3,15,16). The van der Waals surface area contributed by atoms with Crippen molar-refractivity contribution in [2.75, 3.05) is 19.1 Å². The van der Waals surface area contributed by atoms with E-state index < -0.39 is 0 Å². The van der Waals surface area contributed by atoms with Crippen LogP contribution in [0.25, 0.3) is 0 Å². The molecule has 0 fully saturated rings. The Hall–Kier alpha value is -2.56. The second-order valence-electron chi connectivity index (χ2n) is 4.05. The molecule has 19 heavy (non-hydrogen) atoms. The number of benzene rings is 1. The lowest BCUT2D eigenvalue weighted by Crippen LogP contribution is -2.19. The molecule has 0 unspecified atom stereocenters. The number of rotatable bonds is 4. The Balaban J connectivity index is 2.37. The summed E-state index contributed by atoms with van der Waals surface area (Å²) in [5.41, 5.74) is 7.12. The number of nitrogens with one attached hydrogen (secondary N) is 1. The van der Waals surface area contributed by atoms with E-state index in [1.807, 2.05) is 48.3 Å². The topological polar surface area (TPSA) is 75.2 Å². The molecule has 0 aliphatic heterocycles. The van der Waals surface area contributed by atoms with Gasteiger partial charge in [-0.2, -0.15) is 0 Å². The van der Waals surface area contributed by atoms with Crippen LogP contribution < -0.4 is 15.4 Å². The number of para-hydroxylation sites is 1. The fourth-order valence-corrected chi connectivity index (χ4v) is 1.81. The average Bonchev–Trinajstić information content (AvgIpc) is 2.46. The molecular formula is C14H16N4O. The van der Waals surface area contributed by atoms with Gasteiger partial charge in [-0.15, -0.1) is 0 Å². The molecule has 0 bridgehead atoms. The molecule has 0 spiro atoms. The summed E-state index contributed by atoms with van der Waals surface area (Å²) in [4.78, 5) is 6.20. The summed E-state index contributed by atoms with van der Waals surface area (Å²) in [7, 11) is 3.49. The molecule has 0 amide bonds. The van der Waals surface area contributed by atoms with E-state index in [1.54, 1.807) is 13.3 Å². The van der Waals surface area contributed by atoms with Gasteiger partial charge in [-0.1, -0.05) is 12.1 Å². The molecule has 0 aliphatic rings. The molecule has 2 rings (SSSR count). The van der Waals surface area contributed by atoms with E-state index in [1.165, 1.54) is 0 Å². The van der Waals surface area contributed by atoms with Gasteiger partial charge < -0.3 is 15.4 Å². The van der Waals surface area contributed by atoms with Crippen molar-refractivity contribution >= 4 is 17.3 Å². The Morgan fingerprint density at radius 3 is 2.58 bits per heavy atom. The van der Waals surface area contributed by atoms with Crippen LogP contribution in [0.15, 0.2) is 42.6 Å². The summed E-state index contributed by atoms with van der Waals surface area (Å²) in [5.74, 6) is 1.50. The van der Waals surface area contributed by atoms with Crippen molar-refractivity contribution in [2.45, 2.75) is 0 Å². The summed E-state index contributed by atoms with van der Waals surface area (Å²) >= 11 is 0. The van der Waals surface area contributed by atoms with Crippen LogP contribution in [-0.2, 0) is 0 Å². The number of anilines is 2. The number of nitrogen functional groups attached to an aromatic ring is 1. The number of methoxy groups -OCH3 is 1. The molecule has 0 saturated carbocycles. The van der Waals surface area contributed by atoms with Crippen LogP contribution in [0.3, 0.4) is 0 Å². The maximum atomic E-state index is 7.61. The van der Waals surface area contributed by atoms with Crippen LogP contribution in [0.2, 0.25) is 0 Å². The molecule has 1 aromatic heterocycles. The summed E-state index contributed by atoms with van der Waals surface area (Å²) in [6.07, 6.45) is 1.65. The Bertz CT molecular complexity index is 580. The first-order chi connectivity index (χ1) is 9.13. The number of pyridine rings is 1. The van der Waals surface area contributed by atoms with Crippen molar-refractivity contribution in [3.05, 3.63) is 48.2 Å². The third-order valence-electron chi connectivity index (χ3n) is 2.86. The summed E-state index contributed by atoms with van der Waals surface area (Å²) in [6.45, 7) is 0. The molecule has 1 heterocycles. The van der Waals surface area contributed by atoms with Crippen molar-refractivity contribution < 1.29 is 4.74 Å². The van der Waals surface area contributed by atoms with Crippen LogP contribution in [0.5, 0.6) is 5.75 Å². The maximum absolute atomic E-state index is 7.61. The highest BCUT2D eigenvalue weighted by atomic mass is 16.5. The van der Waals surface area contributed by atoms with Gasteiger partial charge in [-0.3, -0.25) is 5.41 Å². The summed E-state index contributed by atoms with van der Waals surface area (Å²) in [6, 6.07) is 11.2. The largest absolute Gasteiger partial charge is 0.495 e. The van der Waals surface area contributed by atoms with Crippen molar-refractivity contribution in [1.82, 2.24) is 4.98 Å². The first kappa shape index (κ1) is 12.9. The number of hydrogen-bond acceptors (Lipinski definition) is 4. The first-order valence-electron chi connectivity index (χ1n) is 5.80. The maximum Gasteiger partial charge on any atom is 0.137 e. The van der Waals surface area contributed by atoms with E-state index in [2.05, 4.69) is 4.98 Å². The van der Waals surface area contributed by atoms with E-state index in [9.17, 15) is 0 Å². The zero-order valence-electron chi connectivity index (χ0n) is 10.9. The number of ether oxygens (including phenoxy) is 1. The Morgan fingerprint density at radius 2 is 2.00 bits per heavy atom. The zero-order valence-corrected chi connectivity index (χ0v) is 10.9. The van der Waals surface area contributed by atoms with Crippen LogP contribution in [0.4, 0.5) is 11.5 Å². The molecule has 1 aromatic carbocycles. The molecular weight excluding hydrogens is 240 g/mol. The Kier molecular flexibility index (Phi) is 3.66. The van der Waals surface area contributed by atoms with Crippen LogP contribution in [0, 0.1) is 5.41 Å². The number of amidine groups is 1. The van der Waals surface area contributed by atoms with Crippen molar-refractivity contribution in [3.63, 3.8) is 0 Å². The highest BCUT2D eigenvalue weighted by Crippen LogP contribution is 2.26. The fourth-order valence-electron chi connectivity index (χ4n) is 1.81. The van der Waals surface area contributed by atoms with Gasteiger partial charge in [0.25, 0.3) is 0 Å². The van der Waals surface area contributed by atoms with Gasteiger partial charge in [0.15, 0.2) is 0 Å². The quantitative estimate of drug-likeness (QED) is 0.649. The van der Waals surface area contributed by atoms with Crippen LogP contribution in [0.1, 0.15) is 5.56 Å². The number of nitrogens with two attached hydrogens (primary N) is 1. The predicted molar refractivity (Wildman–Crippen MR) is 76.3 cm³/mol. The van der Waals surface area contributed by atoms with Crippen LogP contribution >= 0.6 is 0 Å². The molecule has 0 radical (unpaired) electrons. The van der Waals surface area contributed by atoms with Gasteiger partial charge in [-0.05, 0) is 24.3 Å². The van der Waals surface area contributed by atoms with Crippen molar-refractivity contribution in [3.8, 4) is 5.75 Å². The van der Waals surface area contributed by atoms with Gasteiger partial charge in [0.1, 0.15) is 17.4 Å². The molecule has 0 atom stereocenters. The van der Waals surface area contributed by atoms with Gasteiger partial charge in [0.2, 0.25) is 0 Å². The average molecular weight is 256 g/mol. The number of hydrogen-bond donors (Lipinski definition) is 2. The molecule has 3 N–H and O–H groups in total. The SMILES string of the molecule is COc1ccc(N(C)c2ccccc2C(=N)N)nc1. The third kappa shape index (κ3) is 2.65. The predicted octanol–water partition coefficient (Wildman–Crippen LogP) is 2.14. The second kappa shape index (κ2) is 5.39. The van der Waals surface area contributed by atoms with E-state index in [-0.39, 0.29) is 5.84 Å². The Morgan fingerprint density at radius 1 is 1.26 bits per heavy atom. The van der Waals surface area contributed by atoms with E-state index in [0.717, 1.165) is 11.5 Å². The first-order valence-corrected chi connectivity index (χ1v) is 5.80. The lowest BCUT2D eigenvalue weighted by atomic mass is 10.1. The van der Waals surface area contributed by atoms with E-state index in [0.29, 0.717) is 11.3 Å². The van der Waals surface area contributed by atoms with E-state index in [4.69, 9.17) is 15.9 Å². The number of nitrogens with zero attached hydrogens (tertiary/aromatic N) is 2. The number of aromatic nitrogens is 1. The minimum atomic E-state index is 0.0379. The molecule has 5 heteroatoms. The van der Waals surface area contributed by atoms with Gasteiger partial charge in [0.05, 0.1) is 19.0 Å². The lowest BCUT2D eigenvalue weighted by Gasteiger charge is -2.21. The van der Waals surface area contributed by atoms with Crippen molar-refractivity contribution in [2.24, 2.45) is 5.73 Å². The monoisotopic (exact) mass is 256 g/mol. The summed E-state index contributed by atoms with van der Waals surface area (Å²) < 4.78 is 5.08. The minimum absolute atomic E-state index is 0.0379. The molecule has 2 aromatic rings. The highest BCUT2D eigenvalue weighted by Gasteiger charge is 2.11. The molecule has 98 valence electrons. The molecule has 0 saturated heterocycles. The smallest absolute Gasteiger partial charge is 0.137 e. The van der Waals surface area contributed by atoms with Gasteiger partial charge in [-0.25, -0.2) is 4.98 Å². The minimum Gasteiger partial charge on any atom is -0.495 e. The highest BCUT2D eigenvalue weighted by molar-refractivity contribution is 6.01. The van der Waals surface area contributed by atoms with Crippen LogP contribution in [-0.4, -0.2) is 25.0 Å². The van der Waals surface area contributed by atoms with Crippen molar-refractivity contribution in [1.29, 1.82) is 5.41 Å². The Labute approximate surface area is 112 Å². The van der Waals surface area contributed by atoms with E-state index >= 15 is 0 Å². The van der Waals surface area contributed by atoms with Gasteiger partial charge >= 0.3 is 0 Å². The third-order valence-corrected chi connectivity index (χ3v) is 2.86. The normalized spacial score (nSPS) is 10.0.